The molecule has 1 atom stereocenters. The van der Waals surface area contributed by atoms with Gasteiger partial charge in [0.05, 0.1) is 18.4 Å². The highest BCUT2D eigenvalue weighted by molar-refractivity contribution is 6.46. The highest BCUT2D eigenvalue weighted by atomic mass is 16.5. The van der Waals surface area contributed by atoms with Crippen LogP contribution < -0.4 is 4.74 Å². The Bertz CT molecular complexity index is 1370. The van der Waals surface area contributed by atoms with Gasteiger partial charge < -0.3 is 24.1 Å². The second-order valence-corrected chi connectivity index (χ2v) is 8.07. The number of rotatable bonds is 7. The van der Waals surface area contributed by atoms with Crippen LogP contribution in [0.15, 0.2) is 83.1 Å². The highest BCUT2D eigenvalue weighted by Gasteiger charge is 2.47. The number of carbonyl (C=O) groups is 2. The predicted molar refractivity (Wildman–Crippen MR) is 127 cm³/mol. The minimum atomic E-state index is -0.813. The smallest absolute Gasteiger partial charge is 0.295 e. The maximum Gasteiger partial charge on any atom is 0.295 e. The monoisotopic (exact) mass is 456 g/mol. The van der Waals surface area contributed by atoms with Gasteiger partial charge in [-0.25, -0.2) is 0 Å². The molecular formula is C27H24N2O5. The van der Waals surface area contributed by atoms with Crippen molar-refractivity contribution in [1.29, 1.82) is 0 Å². The molecule has 1 fully saturated rings. The van der Waals surface area contributed by atoms with Crippen LogP contribution in [0.2, 0.25) is 0 Å². The third-order valence-electron chi connectivity index (χ3n) is 6.09. The number of aromatic amines is 1. The van der Waals surface area contributed by atoms with E-state index in [1.165, 1.54) is 11.2 Å². The van der Waals surface area contributed by atoms with Crippen LogP contribution in [0, 0.1) is 0 Å². The molecule has 1 aliphatic heterocycles. The lowest BCUT2D eigenvalue weighted by molar-refractivity contribution is -0.140. The number of aromatic nitrogens is 1. The average Bonchev–Trinajstić information content (AvgIpc) is 3.58. The van der Waals surface area contributed by atoms with Gasteiger partial charge in [-0.3, -0.25) is 9.59 Å². The van der Waals surface area contributed by atoms with Crippen molar-refractivity contribution in [3.05, 3.63) is 95.6 Å². The molecule has 2 aromatic heterocycles. The summed E-state index contributed by atoms with van der Waals surface area (Å²) in [7, 11) is 0. The standard InChI is InChI=1S/C27H24N2O5/c1-2-33-19-11-9-17(10-12-19)25(30)23-24(22-8-5-15-34-22)29(27(32)26(23)31)14-13-18-16-28-21-7-4-3-6-20(18)21/h3-12,15-16,24,28,30H,2,13-14H2,1H3/b25-23-. The first-order chi connectivity index (χ1) is 16.6. The Balaban J connectivity index is 1.50. The second kappa shape index (κ2) is 8.94. The molecule has 5 rings (SSSR count). The normalized spacial score (nSPS) is 17.6. The Morgan fingerprint density at radius 3 is 2.62 bits per heavy atom. The summed E-state index contributed by atoms with van der Waals surface area (Å²) in [6, 6.07) is 17.3. The number of nitrogens with zero attached hydrogens (tertiary/aromatic N) is 1. The van der Waals surface area contributed by atoms with Crippen LogP contribution in [0.25, 0.3) is 16.7 Å². The SMILES string of the molecule is CCOc1ccc(/C(O)=C2/C(=O)C(=O)N(CCc3c[nH]c4ccccc34)C2c2ccco2)cc1. The largest absolute Gasteiger partial charge is 0.507 e. The van der Waals surface area contributed by atoms with E-state index in [0.29, 0.717) is 30.1 Å². The molecule has 4 aromatic rings. The van der Waals surface area contributed by atoms with Gasteiger partial charge in [0.15, 0.2) is 0 Å². The van der Waals surface area contributed by atoms with Crippen molar-refractivity contribution in [2.75, 3.05) is 13.2 Å². The van der Waals surface area contributed by atoms with Crippen molar-refractivity contribution in [2.24, 2.45) is 0 Å². The summed E-state index contributed by atoms with van der Waals surface area (Å²) < 4.78 is 11.1. The number of H-pyrrole nitrogens is 1. The van der Waals surface area contributed by atoms with Crippen LogP contribution in [0.3, 0.4) is 0 Å². The van der Waals surface area contributed by atoms with Gasteiger partial charge in [-0.1, -0.05) is 18.2 Å². The minimum absolute atomic E-state index is 0.0167. The lowest BCUT2D eigenvalue weighted by atomic mass is 9.99. The number of para-hydroxylation sites is 1. The van der Waals surface area contributed by atoms with Crippen LogP contribution in [0.1, 0.15) is 29.9 Å². The molecule has 1 saturated heterocycles. The number of aliphatic hydroxyl groups is 1. The molecule has 1 unspecified atom stereocenters. The number of ketones is 1. The Morgan fingerprint density at radius 1 is 1.09 bits per heavy atom. The van der Waals surface area contributed by atoms with Crippen LogP contribution in [0.4, 0.5) is 0 Å². The molecule has 0 aliphatic carbocycles. The number of likely N-dealkylation sites (tertiary alicyclic amines) is 1. The molecule has 3 heterocycles. The number of hydrogen-bond acceptors (Lipinski definition) is 5. The van der Waals surface area contributed by atoms with E-state index in [2.05, 4.69) is 4.98 Å². The van der Waals surface area contributed by atoms with Gasteiger partial charge in [0.25, 0.3) is 11.7 Å². The van der Waals surface area contributed by atoms with Crippen LogP contribution in [-0.2, 0) is 16.0 Å². The van der Waals surface area contributed by atoms with Gasteiger partial charge in [0.2, 0.25) is 0 Å². The Morgan fingerprint density at radius 2 is 1.88 bits per heavy atom. The molecule has 172 valence electrons. The number of nitrogens with one attached hydrogen (secondary N) is 1. The topological polar surface area (TPSA) is 95.8 Å². The van der Waals surface area contributed by atoms with E-state index in [-0.39, 0.29) is 17.9 Å². The number of ether oxygens (including phenoxy) is 1. The van der Waals surface area contributed by atoms with E-state index in [0.717, 1.165) is 16.5 Å². The summed E-state index contributed by atoms with van der Waals surface area (Å²) >= 11 is 0. The lowest BCUT2D eigenvalue weighted by Crippen LogP contribution is -2.31. The van der Waals surface area contributed by atoms with Crippen LogP contribution >= 0.6 is 0 Å². The number of hydrogen-bond donors (Lipinski definition) is 2. The van der Waals surface area contributed by atoms with Crippen molar-refractivity contribution in [1.82, 2.24) is 9.88 Å². The molecule has 0 saturated carbocycles. The van der Waals surface area contributed by atoms with Gasteiger partial charge in [-0.15, -0.1) is 0 Å². The van der Waals surface area contributed by atoms with Gasteiger partial charge in [0, 0.05) is 29.2 Å². The van der Waals surface area contributed by atoms with Crippen LogP contribution in [-0.4, -0.2) is 39.8 Å². The molecule has 0 spiro atoms. The molecular weight excluding hydrogens is 432 g/mol. The van der Waals surface area contributed by atoms with Crippen molar-refractivity contribution < 1.29 is 23.8 Å². The fourth-order valence-corrected chi connectivity index (χ4v) is 4.46. The molecule has 2 aromatic carbocycles. The summed E-state index contributed by atoms with van der Waals surface area (Å²) in [6.07, 6.45) is 3.95. The molecule has 34 heavy (non-hydrogen) atoms. The maximum absolute atomic E-state index is 13.1. The lowest BCUT2D eigenvalue weighted by Gasteiger charge is -2.23. The second-order valence-electron chi connectivity index (χ2n) is 8.07. The van der Waals surface area contributed by atoms with Crippen molar-refractivity contribution >= 4 is 28.4 Å². The van der Waals surface area contributed by atoms with Crippen molar-refractivity contribution in [3.63, 3.8) is 0 Å². The first-order valence-corrected chi connectivity index (χ1v) is 11.2. The highest BCUT2D eigenvalue weighted by Crippen LogP contribution is 2.40. The van der Waals surface area contributed by atoms with E-state index in [1.807, 2.05) is 37.4 Å². The predicted octanol–water partition coefficient (Wildman–Crippen LogP) is 4.82. The number of carbonyl (C=O) groups excluding carboxylic acids is 2. The average molecular weight is 456 g/mol. The van der Waals surface area contributed by atoms with E-state index in [1.54, 1.807) is 36.4 Å². The number of fused-ring (bicyclic) bond motifs is 1. The third kappa shape index (κ3) is 3.75. The zero-order chi connectivity index (χ0) is 23.7. The fourth-order valence-electron chi connectivity index (χ4n) is 4.46. The maximum atomic E-state index is 13.1. The number of amides is 1. The van der Waals surface area contributed by atoms with Crippen LogP contribution in [0.5, 0.6) is 5.75 Å². The Kier molecular flexibility index (Phi) is 5.67. The zero-order valence-corrected chi connectivity index (χ0v) is 18.7. The Labute approximate surface area is 196 Å². The quantitative estimate of drug-likeness (QED) is 0.236. The molecule has 7 nitrogen and oxygen atoms in total. The molecule has 0 bridgehead atoms. The summed E-state index contributed by atoms with van der Waals surface area (Å²) in [5, 5.41) is 12.2. The summed E-state index contributed by atoms with van der Waals surface area (Å²) in [6.45, 7) is 2.69. The van der Waals surface area contributed by atoms with E-state index < -0.39 is 17.7 Å². The third-order valence-corrected chi connectivity index (χ3v) is 6.09. The zero-order valence-electron chi connectivity index (χ0n) is 18.7. The minimum Gasteiger partial charge on any atom is -0.507 e. The van der Waals surface area contributed by atoms with Gasteiger partial charge in [0.1, 0.15) is 23.3 Å². The first kappa shape index (κ1) is 21.6. The van der Waals surface area contributed by atoms with Crippen molar-refractivity contribution in [3.8, 4) is 5.75 Å². The number of aliphatic hydroxyl groups excluding tert-OH is 1. The molecule has 1 amide bonds. The summed E-state index contributed by atoms with van der Waals surface area (Å²) in [5.41, 5.74) is 2.50. The summed E-state index contributed by atoms with van der Waals surface area (Å²) in [5.74, 6) is -0.552. The molecule has 1 aliphatic rings. The van der Waals surface area contributed by atoms with E-state index >= 15 is 0 Å². The number of furan rings is 1. The van der Waals surface area contributed by atoms with E-state index in [9.17, 15) is 14.7 Å². The molecule has 7 heteroatoms. The molecule has 2 N–H and O–H groups in total. The summed E-state index contributed by atoms with van der Waals surface area (Å²) in [4.78, 5) is 30.9. The first-order valence-electron chi connectivity index (χ1n) is 11.2. The van der Waals surface area contributed by atoms with Gasteiger partial charge >= 0.3 is 0 Å². The number of benzene rings is 2. The van der Waals surface area contributed by atoms with Gasteiger partial charge in [-0.05, 0) is 61.4 Å². The number of Topliss-reactive ketones (excluding diaryl/α,β-unsaturated/α-hetero) is 1. The van der Waals surface area contributed by atoms with E-state index in [4.69, 9.17) is 9.15 Å². The van der Waals surface area contributed by atoms with Gasteiger partial charge in [-0.2, -0.15) is 0 Å². The Hall–Kier alpha value is -4.26. The fraction of sp³-hybridized carbons (Fsp3) is 0.185. The molecule has 0 radical (unpaired) electrons. The van der Waals surface area contributed by atoms with Crippen molar-refractivity contribution in [2.45, 2.75) is 19.4 Å².